The molecule has 0 aliphatic heterocycles. The summed E-state index contributed by atoms with van der Waals surface area (Å²) in [6.07, 6.45) is 4.57. The average Bonchev–Trinajstić information content (AvgIpc) is 3.14. The number of imidazole rings is 1. The van der Waals surface area contributed by atoms with E-state index in [1.54, 1.807) is 19.4 Å². The van der Waals surface area contributed by atoms with E-state index in [0.29, 0.717) is 17.9 Å². The van der Waals surface area contributed by atoms with Gasteiger partial charge in [0.05, 0.1) is 12.7 Å². The summed E-state index contributed by atoms with van der Waals surface area (Å²) < 4.78 is 8.03. The molecule has 0 bridgehead atoms. The molecule has 1 heterocycles. The molecule has 0 spiro atoms. The lowest BCUT2D eigenvalue weighted by Gasteiger charge is -2.10. The molecule has 134 valence electrons. The van der Waals surface area contributed by atoms with E-state index in [0.717, 1.165) is 28.8 Å². The second-order valence-electron chi connectivity index (χ2n) is 5.77. The molecule has 0 aliphatic rings. The van der Waals surface area contributed by atoms with Gasteiger partial charge in [-0.05, 0) is 40.5 Å². The number of amides is 1. The van der Waals surface area contributed by atoms with Crippen molar-refractivity contribution in [3.8, 4) is 17.1 Å². The number of benzene rings is 2. The SMILES string of the molecule is COc1ccc(Br)c(C(=O)NCCCn2ccnc2-c2ccccc2)c1. The van der Waals surface area contributed by atoms with Crippen LogP contribution in [0.25, 0.3) is 11.4 Å². The van der Waals surface area contributed by atoms with E-state index >= 15 is 0 Å². The number of hydrogen-bond donors (Lipinski definition) is 1. The van der Waals surface area contributed by atoms with Gasteiger partial charge in [-0.1, -0.05) is 30.3 Å². The molecular formula is C20H20BrN3O2. The zero-order valence-corrected chi connectivity index (χ0v) is 16.1. The second kappa shape index (κ2) is 8.67. The number of aromatic nitrogens is 2. The van der Waals surface area contributed by atoms with Gasteiger partial charge in [-0.2, -0.15) is 0 Å². The molecule has 0 fully saturated rings. The number of aryl methyl sites for hydroxylation is 1. The van der Waals surface area contributed by atoms with E-state index in [-0.39, 0.29) is 5.91 Å². The van der Waals surface area contributed by atoms with E-state index in [2.05, 4.69) is 30.8 Å². The highest BCUT2D eigenvalue weighted by atomic mass is 79.9. The molecule has 0 radical (unpaired) electrons. The number of carbonyl (C=O) groups excluding carboxylic acids is 1. The van der Waals surface area contributed by atoms with E-state index < -0.39 is 0 Å². The molecule has 3 rings (SSSR count). The van der Waals surface area contributed by atoms with Gasteiger partial charge >= 0.3 is 0 Å². The highest BCUT2D eigenvalue weighted by Crippen LogP contribution is 2.22. The minimum Gasteiger partial charge on any atom is -0.497 e. The fraction of sp³-hybridized carbons (Fsp3) is 0.200. The number of nitrogens with zero attached hydrogens (tertiary/aromatic N) is 2. The summed E-state index contributed by atoms with van der Waals surface area (Å²) in [5, 5.41) is 2.95. The van der Waals surface area contributed by atoms with E-state index in [1.807, 2.05) is 48.7 Å². The Labute approximate surface area is 161 Å². The Bertz CT molecular complexity index is 878. The minimum absolute atomic E-state index is 0.121. The van der Waals surface area contributed by atoms with Gasteiger partial charge in [0, 0.05) is 35.5 Å². The fourth-order valence-corrected chi connectivity index (χ4v) is 3.12. The van der Waals surface area contributed by atoms with Crippen molar-refractivity contribution in [3.05, 3.63) is 71.0 Å². The summed E-state index contributed by atoms with van der Waals surface area (Å²) >= 11 is 3.41. The third-order valence-corrected chi connectivity index (χ3v) is 4.72. The van der Waals surface area contributed by atoms with Gasteiger partial charge in [-0.15, -0.1) is 0 Å². The summed E-state index contributed by atoms with van der Waals surface area (Å²) in [6, 6.07) is 15.4. The Morgan fingerprint density at radius 3 is 2.81 bits per heavy atom. The first kappa shape index (κ1) is 18.2. The number of methoxy groups -OCH3 is 1. The monoisotopic (exact) mass is 413 g/mol. The standard InChI is InChI=1S/C20H20BrN3O2/c1-26-16-8-9-18(21)17(14-16)20(25)23-10-5-12-24-13-11-22-19(24)15-6-3-2-4-7-15/h2-4,6-9,11,13-14H,5,10,12H2,1H3,(H,23,25). The van der Waals surface area contributed by atoms with Crippen LogP contribution in [-0.4, -0.2) is 29.1 Å². The molecule has 1 aromatic heterocycles. The molecule has 0 atom stereocenters. The van der Waals surface area contributed by atoms with Crippen LogP contribution >= 0.6 is 15.9 Å². The molecule has 6 heteroatoms. The van der Waals surface area contributed by atoms with Gasteiger partial charge in [0.1, 0.15) is 11.6 Å². The normalized spacial score (nSPS) is 10.5. The third kappa shape index (κ3) is 4.32. The maximum absolute atomic E-state index is 12.4. The zero-order chi connectivity index (χ0) is 18.4. The first-order valence-corrected chi connectivity index (χ1v) is 9.16. The smallest absolute Gasteiger partial charge is 0.252 e. The van der Waals surface area contributed by atoms with Crippen LogP contribution in [-0.2, 0) is 6.54 Å². The molecular weight excluding hydrogens is 394 g/mol. The van der Waals surface area contributed by atoms with Crippen molar-refractivity contribution in [2.45, 2.75) is 13.0 Å². The lowest BCUT2D eigenvalue weighted by atomic mass is 10.2. The topological polar surface area (TPSA) is 56.1 Å². The van der Waals surface area contributed by atoms with Crippen LogP contribution < -0.4 is 10.1 Å². The predicted octanol–water partition coefficient (Wildman–Crippen LogP) is 4.14. The van der Waals surface area contributed by atoms with Crippen molar-refractivity contribution >= 4 is 21.8 Å². The predicted molar refractivity (Wildman–Crippen MR) is 105 cm³/mol. The van der Waals surface area contributed by atoms with Crippen LogP contribution in [0.4, 0.5) is 0 Å². The molecule has 1 N–H and O–H groups in total. The highest BCUT2D eigenvalue weighted by Gasteiger charge is 2.11. The second-order valence-corrected chi connectivity index (χ2v) is 6.62. The van der Waals surface area contributed by atoms with Crippen molar-refractivity contribution in [1.29, 1.82) is 0 Å². The summed E-state index contributed by atoms with van der Waals surface area (Å²) in [5.74, 6) is 1.47. The zero-order valence-electron chi connectivity index (χ0n) is 14.5. The number of rotatable bonds is 7. The molecule has 0 saturated carbocycles. The van der Waals surface area contributed by atoms with Crippen LogP contribution in [0.3, 0.4) is 0 Å². The minimum atomic E-state index is -0.121. The first-order valence-electron chi connectivity index (χ1n) is 8.37. The average molecular weight is 414 g/mol. The molecule has 1 amide bonds. The highest BCUT2D eigenvalue weighted by molar-refractivity contribution is 9.10. The largest absolute Gasteiger partial charge is 0.497 e. The summed E-state index contributed by atoms with van der Waals surface area (Å²) in [4.78, 5) is 16.8. The third-order valence-electron chi connectivity index (χ3n) is 4.03. The molecule has 0 aliphatic carbocycles. The quantitative estimate of drug-likeness (QED) is 0.592. The summed E-state index contributed by atoms with van der Waals surface area (Å²) in [7, 11) is 1.58. The van der Waals surface area contributed by atoms with Gasteiger partial charge in [0.2, 0.25) is 0 Å². The Balaban J connectivity index is 1.55. The van der Waals surface area contributed by atoms with Gasteiger partial charge in [0.15, 0.2) is 0 Å². The van der Waals surface area contributed by atoms with Gasteiger partial charge in [0.25, 0.3) is 5.91 Å². The number of halogens is 1. The number of ether oxygens (including phenoxy) is 1. The van der Waals surface area contributed by atoms with Gasteiger partial charge < -0.3 is 14.6 Å². The molecule has 0 saturated heterocycles. The molecule has 26 heavy (non-hydrogen) atoms. The van der Waals surface area contributed by atoms with Crippen molar-refractivity contribution in [3.63, 3.8) is 0 Å². The molecule has 5 nitrogen and oxygen atoms in total. The van der Waals surface area contributed by atoms with Gasteiger partial charge in [-0.3, -0.25) is 4.79 Å². The van der Waals surface area contributed by atoms with Crippen molar-refractivity contribution in [2.75, 3.05) is 13.7 Å². The van der Waals surface area contributed by atoms with Crippen LogP contribution in [0.15, 0.2) is 65.4 Å². The summed E-state index contributed by atoms with van der Waals surface area (Å²) in [6.45, 7) is 1.36. The van der Waals surface area contributed by atoms with Crippen molar-refractivity contribution in [1.82, 2.24) is 14.9 Å². The molecule has 2 aromatic carbocycles. The molecule has 3 aromatic rings. The maximum Gasteiger partial charge on any atom is 0.252 e. The van der Waals surface area contributed by atoms with Crippen LogP contribution in [0.2, 0.25) is 0 Å². The van der Waals surface area contributed by atoms with Crippen LogP contribution in [0.1, 0.15) is 16.8 Å². The van der Waals surface area contributed by atoms with Crippen molar-refractivity contribution in [2.24, 2.45) is 0 Å². The molecule has 0 unspecified atom stereocenters. The number of hydrogen-bond acceptors (Lipinski definition) is 3. The summed E-state index contributed by atoms with van der Waals surface area (Å²) in [5.41, 5.74) is 1.65. The first-order chi connectivity index (χ1) is 12.7. The van der Waals surface area contributed by atoms with E-state index in [4.69, 9.17) is 4.74 Å². The van der Waals surface area contributed by atoms with Crippen molar-refractivity contribution < 1.29 is 9.53 Å². The number of carbonyl (C=O) groups is 1. The Morgan fingerprint density at radius 2 is 2.04 bits per heavy atom. The van der Waals surface area contributed by atoms with E-state index in [9.17, 15) is 4.79 Å². The van der Waals surface area contributed by atoms with E-state index in [1.165, 1.54) is 0 Å². The maximum atomic E-state index is 12.4. The Hall–Kier alpha value is -2.60. The fourth-order valence-electron chi connectivity index (χ4n) is 2.69. The van der Waals surface area contributed by atoms with Gasteiger partial charge in [-0.25, -0.2) is 4.98 Å². The number of nitrogens with one attached hydrogen (secondary N) is 1. The Morgan fingerprint density at radius 1 is 1.23 bits per heavy atom. The lowest BCUT2D eigenvalue weighted by Crippen LogP contribution is -2.25. The lowest BCUT2D eigenvalue weighted by molar-refractivity contribution is 0.0951. The Kier molecular flexibility index (Phi) is 6.07. The van der Waals surface area contributed by atoms with Crippen LogP contribution in [0, 0.1) is 0 Å². The van der Waals surface area contributed by atoms with Crippen LogP contribution in [0.5, 0.6) is 5.75 Å².